The molecule has 1 saturated heterocycles. The molecule has 4 N–H and O–H groups in total. The maximum atomic E-state index is 13.3. The molecule has 3 rings (SSSR count). The van der Waals surface area contributed by atoms with E-state index in [2.05, 4.69) is 27.7 Å². The van der Waals surface area contributed by atoms with Gasteiger partial charge in [-0.15, -0.1) is 0 Å². The molecule has 0 bridgehead atoms. The Balaban J connectivity index is 1.58. The van der Waals surface area contributed by atoms with E-state index in [1.165, 1.54) is 5.56 Å². The predicted octanol–water partition coefficient (Wildman–Crippen LogP) is 1.04. The highest BCUT2D eigenvalue weighted by atomic mass is 16.2. The molecule has 8 heteroatoms. The molecule has 1 fully saturated rings. The molecule has 0 unspecified atom stereocenters. The second kappa shape index (κ2) is 12.9. The van der Waals surface area contributed by atoms with Gasteiger partial charge in [0.05, 0.1) is 6.54 Å². The van der Waals surface area contributed by atoms with Crippen LogP contribution in [-0.4, -0.2) is 66.3 Å². The average Bonchev–Trinajstić information content (AvgIpc) is 2.88. The Labute approximate surface area is 201 Å². The van der Waals surface area contributed by atoms with E-state index in [1.807, 2.05) is 47.4 Å². The van der Waals surface area contributed by atoms with Gasteiger partial charge in [-0.3, -0.25) is 19.3 Å². The lowest BCUT2D eigenvalue weighted by molar-refractivity contribution is -0.138. The Morgan fingerprint density at radius 3 is 2.15 bits per heavy atom. The summed E-state index contributed by atoms with van der Waals surface area (Å²) in [5, 5.41) is 5.65. The highest BCUT2D eigenvalue weighted by Crippen LogP contribution is 2.13. The third-order valence-corrected chi connectivity index (χ3v) is 6.03. The second-order valence-corrected chi connectivity index (χ2v) is 8.56. The molecule has 2 aromatic carbocycles. The van der Waals surface area contributed by atoms with Gasteiger partial charge in [-0.05, 0) is 16.7 Å². The lowest BCUT2D eigenvalue weighted by Gasteiger charge is -2.36. The molecule has 0 spiro atoms. The number of nitrogens with two attached hydrogens (primary N) is 1. The van der Waals surface area contributed by atoms with Gasteiger partial charge >= 0.3 is 0 Å². The van der Waals surface area contributed by atoms with Crippen LogP contribution in [-0.2, 0) is 33.9 Å². The maximum absolute atomic E-state index is 13.3. The molecule has 34 heavy (non-hydrogen) atoms. The van der Waals surface area contributed by atoms with E-state index < -0.39 is 6.04 Å². The molecular formula is C26H35N5O3. The summed E-state index contributed by atoms with van der Waals surface area (Å²) in [6.07, 6.45) is 0.749. The SMILES string of the molecule is CCC(=O)N[C@H](Cc1ccc(CNC(=O)CN)cc1)C(=O)N1CCN(Cc2ccccc2)CC1. The number of carbonyl (C=O) groups excluding carboxylic acids is 3. The number of benzene rings is 2. The van der Waals surface area contributed by atoms with Gasteiger partial charge in [-0.25, -0.2) is 0 Å². The van der Waals surface area contributed by atoms with Crippen molar-refractivity contribution in [2.75, 3.05) is 32.7 Å². The standard InChI is InChI=1S/C26H35N5O3/c1-2-24(32)29-23(16-20-8-10-21(11-9-20)18-28-25(33)17-27)26(34)31-14-12-30(13-15-31)19-22-6-4-3-5-7-22/h3-11,23H,2,12-19,27H2,1H3,(H,28,33)(H,29,32)/t23-/m1/s1. The summed E-state index contributed by atoms with van der Waals surface area (Å²) in [7, 11) is 0. The quantitative estimate of drug-likeness (QED) is 0.486. The van der Waals surface area contributed by atoms with Crippen LogP contribution in [0.5, 0.6) is 0 Å². The molecule has 0 saturated carbocycles. The lowest BCUT2D eigenvalue weighted by Crippen LogP contribution is -2.55. The molecule has 1 aliphatic rings. The van der Waals surface area contributed by atoms with Crippen molar-refractivity contribution < 1.29 is 14.4 Å². The van der Waals surface area contributed by atoms with E-state index in [9.17, 15) is 14.4 Å². The van der Waals surface area contributed by atoms with Crippen LogP contribution in [0.4, 0.5) is 0 Å². The van der Waals surface area contributed by atoms with Crippen LogP contribution >= 0.6 is 0 Å². The predicted molar refractivity (Wildman–Crippen MR) is 132 cm³/mol. The fraction of sp³-hybridized carbons (Fsp3) is 0.423. The molecule has 0 aliphatic carbocycles. The number of hydrogen-bond donors (Lipinski definition) is 3. The fourth-order valence-electron chi connectivity index (χ4n) is 3.99. The zero-order valence-electron chi connectivity index (χ0n) is 19.8. The molecule has 1 heterocycles. The van der Waals surface area contributed by atoms with Gasteiger partial charge in [0.25, 0.3) is 0 Å². The number of rotatable bonds is 10. The van der Waals surface area contributed by atoms with Crippen molar-refractivity contribution >= 4 is 17.7 Å². The minimum absolute atomic E-state index is 0.0413. The molecule has 182 valence electrons. The summed E-state index contributed by atoms with van der Waals surface area (Å²) in [4.78, 5) is 41.0. The van der Waals surface area contributed by atoms with Gasteiger partial charge in [0.15, 0.2) is 0 Å². The van der Waals surface area contributed by atoms with Gasteiger partial charge in [-0.2, -0.15) is 0 Å². The maximum Gasteiger partial charge on any atom is 0.245 e. The third kappa shape index (κ3) is 7.67. The van der Waals surface area contributed by atoms with E-state index in [0.717, 1.165) is 30.8 Å². The van der Waals surface area contributed by atoms with Crippen molar-refractivity contribution in [3.8, 4) is 0 Å². The lowest BCUT2D eigenvalue weighted by atomic mass is 10.0. The number of nitrogens with one attached hydrogen (secondary N) is 2. The first-order valence-electron chi connectivity index (χ1n) is 11.9. The summed E-state index contributed by atoms with van der Waals surface area (Å²) >= 11 is 0. The third-order valence-electron chi connectivity index (χ3n) is 6.03. The highest BCUT2D eigenvalue weighted by Gasteiger charge is 2.28. The van der Waals surface area contributed by atoms with Gasteiger partial charge in [0.2, 0.25) is 17.7 Å². The van der Waals surface area contributed by atoms with Crippen LogP contribution in [0, 0.1) is 0 Å². The Hall–Kier alpha value is -3.23. The summed E-state index contributed by atoms with van der Waals surface area (Å²) in [5.41, 5.74) is 8.47. The first-order valence-corrected chi connectivity index (χ1v) is 11.9. The topological polar surface area (TPSA) is 108 Å². The van der Waals surface area contributed by atoms with Crippen molar-refractivity contribution in [3.63, 3.8) is 0 Å². The number of piperazine rings is 1. The zero-order chi connectivity index (χ0) is 24.3. The Kier molecular flexibility index (Phi) is 9.61. The molecular weight excluding hydrogens is 430 g/mol. The average molecular weight is 466 g/mol. The van der Waals surface area contributed by atoms with Crippen LogP contribution in [0.25, 0.3) is 0 Å². The summed E-state index contributed by atoms with van der Waals surface area (Å²) < 4.78 is 0. The smallest absolute Gasteiger partial charge is 0.245 e. The fourth-order valence-corrected chi connectivity index (χ4v) is 3.99. The van der Waals surface area contributed by atoms with Crippen molar-refractivity contribution in [2.24, 2.45) is 5.73 Å². The summed E-state index contributed by atoms with van der Waals surface area (Å²) in [6, 6.07) is 17.4. The molecule has 1 atom stereocenters. The van der Waals surface area contributed by atoms with E-state index in [1.54, 1.807) is 6.92 Å². The number of hydrogen-bond acceptors (Lipinski definition) is 5. The van der Waals surface area contributed by atoms with Crippen LogP contribution in [0.15, 0.2) is 54.6 Å². The zero-order valence-corrected chi connectivity index (χ0v) is 19.8. The van der Waals surface area contributed by atoms with E-state index in [4.69, 9.17) is 5.73 Å². The number of amides is 3. The first-order chi connectivity index (χ1) is 16.5. The van der Waals surface area contributed by atoms with Crippen molar-refractivity contribution in [1.29, 1.82) is 0 Å². The van der Waals surface area contributed by atoms with E-state index >= 15 is 0 Å². The monoisotopic (exact) mass is 465 g/mol. The van der Waals surface area contributed by atoms with E-state index in [0.29, 0.717) is 32.5 Å². The minimum Gasteiger partial charge on any atom is -0.351 e. The first kappa shape index (κ1) is 25.4. The molecule has 1 aliphatic heterocycles. The second-order valence-electron chi connectivity index (χ2n) is 8.56. The van der Waals surface area contributed by atoms with Crippen molar-refractivity contribution in [1.82, 2.24) is 20.4 Å². The van der Waals surface area contributed by atoms with Gasteiger partial charge in [0.1, 0.15) is 6.04 Å². The Morgan fingerprint density at radius 1 is 0.882 bits per heavy atom. The normalized spacial score (nSPS) is 14.9. The van der Waals surface area contributed by atoms with E-state index in [-0.39, 0.29) is 24.3 Å². The molecule has 8 nitrogen and oxygen atoms in total. The molecule has 2 aromatic rings. The van der Waals surface area contributed by atoms with Crippen LogP contribution in [0.1, 0.15) is 30.0 Å². The summed E-state index contributed by atoms with van der Waals surface area (Å²) in [6.45, 7) is 5.91. The molecule has 3 amide bonds. The van der Waals surface area contributed by atoms with Crippen LogP contribution < -0.4 is 16.4 Å². The van der Waals surface area contributed by atoms with Crippen molar-refractivity contribution in [2.45, 2.75) is 38.9 Å². The number of nitrogens with zero attached hydrogens (tertiary/aromatic N) is 2. The molecule has 0 radical (unpaired) electrons. The van der Waals surface area contributed by atoms with Crippen LogP contribution in [0.3, 0.4) is 0 Å². The Morgan fingerprint density at radius 2 is 1.53 bits per heavy atom. The van der Waals surface area contributed by atoms with Gasteiger partial charge in [-0.1, -0.05) is 61.5 Å². The molecule has 0 aromatic heterocycles. The van der Waals surface area contributed by atoms with Gasteiger partial charge < -0.3 is 21.3 Å². The Bertz CT molecular complexity index is 941. The summed E-state index contributed by atoms with van der Waals surface area (Å²) in [5.74, 6) is -0.386. The number of carbonyl (C=O) groups is 3. The van der Waals surface area contributed by atoms with Gasteiger partial charge in [0, 0.05) is 52.1 Å². The largest absolute Gasteiger partial charge is 0.351 e. The van der Waals surface area contributed by atoms with Crippen molar-refractivity contribution in [3.05, 3.63) is 71.3 Å². The minimum atomic E-state index is -0.601. The van der Waals surface area contributed by atoms with Crippen LogP contribution in [0.2, 0.25) is 0 Å². The highest BCUT2D eigenvalue weighted by molar-refractivity contribution is 5.88.